The minimum Gasteiger partial charge on any atom is -0.481 e. The van der Waals surface area contributed by atoms with E-state index in [1.807, 2.05) is 6.07 Å². The molecule has 0 saturated carbocycles. The number of carboxylic acids is 1. The summed E-state index contributed by atoms with van der Waals surface area (Å²) in [5.74, 6) is -0.206. The van der Waals surface area contributed by atoms with Gasteiger partial charge in [-0.05, 0) is 17.7 Å². The summed E-state index contributed by atoms with van der Waals surface area (Å²) in [5.41, 5.74) is 1.22. The lowest BCUT2D eigenvalue weighted by Gasteiger charge is -2.13. The number of benzene rings is 1. The maximum Gasteiger partial charge on any atom is 0.335 e. The van der Waals surface area contributed by atoms with E-state index >= 15 is 0 Å². The Labute approximate surface area is 93.6 Å². The second-order valence-corrected chi connectivity index (χ2v) is 3.66. The van der Waals surface area contributed by atoms with Crippen LogP contribution in [-0.2, 0) is 11.2 Å². The molecule has 0 aromatic heterocycles. The van der Waals surface area contributed by atoms with Crippen molar-refractivity contribution in [3.05, 3.63) is 35.4 Å². The molecular formula is C12H13NO3. The van der Waals surface area contributed by atoms with Gasteiger partial charge in [-0.1, -0.05) is 12.1 Å². The summed E-state index contributed by atoms with van der Waals surface area (Å²) in [4.78, 5) is 15.0. The van der Waals surface area contributed by atoms with Crippen LogP contribution in [0.5, 0.6) is 0 Å². The molecule has 1 aliphatic rings. The van der Waals surface area contributed by atoms with Gasteiger partial charge >= 0.3 is 5.97 Å². The summed E-state index contributed by atoms with van der Waals surface area (Å²) in [6.45, 7) is 1.51. The molecule has 1 N–H and O–H groups in total. The van der Waals surface area contributed by atoms with Gasteiger partial charge in [-0.15, -0.1) is 0 Å². The number of hydrogen-bond donors (Lipinski definition) is 1. The number of carboxylic acid groups (broad SMARTS) is 1. The van der Waals surface area contributed by atoms with E-state index in [1.54, 1.807) is 18.2 Å². The van der Waals surface area contributed by atoms with Crippen molar-refractivity contribution < 1.29 is 14.6 Å². The molecule has 0 fully saturated rings. The fraction of sp³-hybridized carbons (Fsp3) is 0.333. The molecule has 1 heterocycles. The standard InChI is InChI=1S/C12H13NO3/c14-12(15)10-4-1-3-9(7-10)8-11-13-5-2-6-16-11/h1,3-4,7H,2,5-6,8H2,(H,14,15). The van der Waals surface area contributed by atoms with Crippen molar-refractivity contribution in [2.75, 3.05) is 13.2 Å². The maximum atomic E-state index is 10.8. The second-order valence-electron chi connectivity index (χ2n) is 3.66. The highest BCUT2D eigenvalue weighted by atomic mass is 16.5. The van der Waals surface area contributed by atoms with Crippen molar-refractivity contribution >= 4 is 11.9 Å². The lowest BCUT2D eigenvalue weighted by Crippen LogP contribution is -2.16. The van der Waals surface area contributed by atoms with E-state index in [0.717, 1.165) is 18.5 Å². The van der Waals surface area contributed by atoms with Crippen LogP contribution in [0, 0.1) is 0 Å². The van der Waals surface area contributed by atoms with E-state index in [4.69, 9.17) is 9.84 Å². The average molecular weight is 219 g/mol. The molecule has 0 spiro atoms. The molecule has 4 nitrogen and oxygen atoms in total. The van der Waals surface area contributed by atoms with E-state index < -0.39 is 5.97 Å². The number of nitrogens with zero attached hydrogens (tertiary/aromatic N) is 1. The summed E-state index contributed by atoms with van der Waals surface area (Å²) in [6.07, 6.45) is 1.53. The van der Waals surface area contributed by atoms with E-state index in [2.05, 4.69) is 4.99 Å². The summed E-state index contributed by atoms with van der Waals surface area (Å²) in [6, 6.07) is 6.85. The Bertz CT molecular complexity index is 426. The lowest BCUT2D eigenvalue weighted by molar-refractivity contribution is 0.0696. The Morgan fingerprint density at radius 3 is 3.06 bits per heavy atom. The third-order valence-electron chi connectivity index (χ3n) is 2.39. The minimum atomic E-state index is -0.909. The average Bonchev–Trinajstić information content (AvgIpc) is 2.30. The van der Waals surface area contributed by atoms with Gasteiger partial charge in [-0.25, -0.2) is 4.79 Å². The summed E-state index contributed by atoms with van der Waals surface area (Å²) >= 11 is 0. The molecule has 0 unspecified atom stereocenters. The van der Waals surface area contributed by atoms with Crippen molar-refractivity contribution in [1.29, 1.82) is 0 Å². The Hall–Kier alpha value is -1.84. The molecule has 0 aliphatic carbocycles. The van der Waals surface area contributed by atoms with E-state index in [-0.39, 0.29) is 0 Å². The van der Waals surface area contributed by atoms with Crippen molar-refractivity contribution in [2.24, 2.45) is 4.99 Å². The normalized spacial score (nSPS) is 15.1. The smallest absolute Gasteiger partial charge is 0.335 e. The van der Waals surface area contributed by atoms with Gasteiger partial charge in [0, 0.05) is 19.4 Å². The molecule has 1 aromatic carbocycles. The Kier molecular flexibility index (Phi) is 3.19. The fourth-order valence-electron chi connectivity index (χ4n) is 1.60. The van der Waals surface area contributed by atoms with Gasteiger partial charge in [-0.2, -0.15) is 0 Å². The maximum absolute atomic E-state index is 10.8. The van der Waals surface area contributed by atoms with Gasteiger partial charge in [0.2, 0.25) is 0 Å². The van der Waals surface area contributed by atoms with Crippen LogP contribution < -0.4 is 0 Å². The third kappa shape index (κ3) is 2.59. The molecule has 1 aliphatic heterocycles. The van der Waals surface area contributed by atoms with Crippen molar-refractivity contribution in [2.45, 2.75) is 12.8 Å². The number of rotatable bonds is 3. The van der Waals surface area contributed by atoms with Crippen molar-refractivity contribution in [1.82, 2.24) is 0 Å². The number of aromatic carboxylic acids is 1. The van der Waals surface area contributed by atoms with Crippen LogP contribution in [0.1, 0.15) is 22.3 Å². The van der Waals surface area contributed by atoms with Crippen LogP contribution in [-0.4, -0.2) is 30.1 Å². The largest absolute Gasteiger partial charge is 0.481 e. The van der Waals surface area contributed by atoms with Crippen LogP contribution in [0.15, 0.2) is 29.3 Å². The van der Waals surface area contributed by atoms with Gasteiger partial charge in [0.05, 0.1) is 12.2 Å². The van der Waals surface area contributed by atoms with Crippen LogP contribution in [0.3, 0.4) is 0 Å². The van der Waals surface area contributed by atoms with Crippen molar-refractivity contribution in [3.8, 4) is 0 Å². The Balaban J connectivity index is 2.12. The van der Waals surface area contributed by atoms with E-state index in [0.29, 0.717) is 24.5 Å². The van der Waals surface area contributed by atoms with Crippen molar-refractivity contribution in [3.63, 3.8) is 0 Å². The molecule has 0 radical (unpaired) electrons. The molecule has 84 valence electrons. The monoisotopic (exact) mass is 219 g/mol. The predicted octanol–water partition coefficient (Wildman–Crippen LogP) is 1.75. The molecule has 0 atom stereocenters. The molecule has 0 saturated heterocycles. The molecule has 1 aromatic rings. The first-order chi connectivity index (χ1) is 7.75. The first-order valence-corrected chi connectivity index (χ1v) is 5.24. The van der Waals surface area contributed by atoms with Crippen LogP contribution >= 0.6 is 0 Å². The predicted molar refractivity (Wildman–Crippen MR) is 60.0 cm³/mol. The SMILES string of the molecule is O=C(O)c1cccc(CC2=NCCCO2)c1. The number of ether oxygens (including phenoxy) is 1. The first kappa shape index (κ1) is 10.7. The molecule has 4 heteroatoms. The number of aliphatic imine (C=N–C) groups is 1. The highest BCUT2D eigenvalue weighted by molar-refractivity contribution is 5.88. The first-order valence-electron chi connectivity index (χ1n) is 5.24. The van der Waals surface area contributed by atoms with Gasteiger partial charge < -0.3 is 9.84 Å². The Morgan fingerprint density at radius 1 is 1.50 bits per heavy atom. The zero-order valence-electron chi connectivity index (χ0n) is 8.85. The molecule has 16 heavy (non-hydrogen) atoms. The lowest BCUT2D eigenvalue weighted by atomic mass is 10.1. The molecular weight excluding hydrogens is 206 g/mol. The van der Waals surface area contributed by atoms with E-state index in [1.165, 1.54) is 0 Å². The summed E-state index contributed by atoms with van der Waals surface area (Å²) in [5, 5.41) is 8.85. The van der Waals surface area contributed by atoms with Gasteiger partial charge in [0.15, 0.2) is 5.90 Å². The molecule has 2 rings (SSSR count). The summed E-state index contributed by atoms with van der Waals surface area (Å²) in [7, 11) is 0. The number of carbonyl (C=O) groups is 1. The molecule has 0 bridgehead atoms. The summed E-state index contributed by atoms with van der Waals surface area (Å²) < 4.78 is 5.38. The highest BCUT2D eigenvalue weighted by Gasteiger charge is 2.09. The third-order valence-corrected chi connectivity index (χ3v) is 2.39. The zero-order chi connectivity index (χ0) is 11.4. The minimum absolute atomic E-state index is 0.300. The quantitative estimate of drug-likeness (QED) is 0.842. The van der Waals surface area contributed by atoms with Gasteiger partial charge in [0.1, 0.15) is 0 Å². The second kappa shape index (κ2) is 4.79. The van der Waals surface area contributed by atoms with Crippen LogP contribution in [0.4, 0.5) is 0 Å². The van der Waals surface area contributed by atoms with E-state index in [9.17, 15) is 4.79 Å². The topological polar surface area (TPSA) is 58.9 Å². The highest BCUT2D eigenvalue weighted by Crippen LogP contribution is 2.09. The van der Waals surface area contributed by atoms with Crippen LogP contribution in [0.2, 0.25) is 0 Å². The van der Waals surface area contributed by atoms with Crippen LogP contribution in [0.25, 0.3) is 0 Å². The Morgan fingerprint density at radius 2 is 2.38 bits per heavy atom. The molecule has 0 amide bonds. The zero-order valence-corrected chi connectivity index (χ0v) is 8.85. The fourth-order valence-corrected chi connectivity index (χ4v) is 1.60. The number of hydrogen-bond acceptors (Lipinski definition) is 3. The van der Waals surface area contributed by atoms with Gasteiger partial charge in [-0.3, -0.25) is 4.99 Å². The van der Waals surface area contributed by atoms with Gasteiger partial charge in [0.25, 0.3) is 0 Å².